The summed E-state index contributed by atoms with van der Waals surface area (Å²) in [4.78, 5) is 27.5. The third-order valence-electron chi connectivity index (χ3n) is 7.32. The molecule has 164 valence electrons. The molecule has 4 saturated carbocycles. The molecule has 5 fully saturated rings. The summed E-state index contributed by atoms with van der Waals surface area (Å²) in [5.41, 5.74) is -1.41. The molecule has 4 bridgehead atoms. The van der Waals surface area contributed by atoms with E-state index in [1.165, 1.54) is 0 Å². The molecule has 1 amide bonds. The highest BCUT2D eigenvalue weighted by molar-refractivity contribution is 7.91. The molecule has 0 unspecified atom stereocenters. The number of hydrogen-bond acceptors (Lipinski definition) is 6. The minimum absolute atomic E-state index is 0.0142. The third-order valence-corrected chi connectivity index (χ3v) is 9.07. The predicted octanol–water partition coefficient (Wildman–Crippen LogP) is 1.53. The SMILES string of the molecule is CC(C)CN(C(=O)COC(=O)C12C[C@H]3C[C@@H](CC(O)(C3)C1)C2)[C@H]1CCS(=O)(=O)C1. The lowest BCUT2D eigenvalue weighted by Crippen LogP contribution is -2.58. The van der Waals surface area contributed by atoms with Gasteiger partial charge in [0.2, 0.25) is 0 Å². The zero-order valence-corrected chi connectivity index (χ0v) is 18.2. The number of nitrogens with zero attached hydrogens (tertiary/aromatic N) is 1. The molecule has 7 nitrogen and oxygen atoms in total. The smallest absolute Gasteiger partial charge is 0.312 e. The first kappa shape index (κ1) is 21.1. The molecule has 0 aromatic heterocycles. The Hall–Kier alpha value is -1.15. The van der Waals surface area contributed by atoms with Gasteiger partial charge in [-0.25, -0.2) is 8.42 Å². The quantitative estimate of drug-likeness (QED) is 0.645. The normalized spacial score (nSPS) is 39.7. The van der Waals surface area contributed by atoms with Crippen LogP contribution in [0.1, 0.15) is 58.8 Å². The Morgan fingerprint density at radius 1 is 1.17 bits per heavy atom. The summed E-state index contributed by atoms with van der Waals surface area (Å²) in [6.45, 7) is 4.06. The summed E-state index contributed by atoms with van der Waals surface area (Å²) in [7, 11) is -3.11. The van der Waals surface area contributed by atoms with Gasteiger partial charge in [-0.3, -0.25) is 9.59 Å². The van der Waals surface area contributed by atoms with E-state index >= 15 is 0 Å². The molecule has 1 aliphatic heterocycles. The highest BCUT2D eigenvalue weighted by atomic mass is 32.2. The first-order chi connectivity index (χ1) is 13.5. The van der Waals surface area contributed by atoms with Gasteiger partial charge in [0.25, 0.3) is 5.91 Å². The maximum absolute atomic E-state index is 13.0. The molecule has 0 spiro atoms. The molecular weight excluding hydrogens is 394 g/mol. The van der Waals surface area contributed by atoms with Gasteiger partial charge in [-0.15, -0.1) is 0 Å². The van der Waals surface area contributed by atoms with Crippen molar-refractivity contribution < 1.29 is 27.9 Å². The standard InChI is InChI=1S/C21H33NO6S/c1-14(2)10-22(17-3-4-29(26,27)12-17)18(23)11-28-19(24)20-6-15-5-16(7-20)9-21(25,8-15)13-20/h14-17,25H,3-13H2,1-2H3/t15-,16-,17+,20?,21?/m1/s1. The summed E-state index contributed by atoms with van der Waals surface area (Å²) in [5.74, 6) is 0.329. The third kappa shape index (κ3) is 4.20. The molecule has 1 N–H and O–H groups in total. The topological polar surface area (TPSA) is 101 Å². The van der Waals surface area contributed by atoms with Gasteiger partial charge in [0.1, 0.15) is 0 Å². The lowest BCUT2D eigenvalue weighted by Gasteiger charge is -2.58. The molecule has 1 saturated heterocycles. The van der Waals surface area contributed by atoms with E-state index in [1.807, 2.05) is 13.8 Å². The van der Waals surface area contributed by atoms with E-state index < -0.39 is 20.9 Å². The van der Waals surface area contributed by atoms with Gasteiger partial charge in [-0.1, -0.05) is 13.8 Å². The summed E-state index contributed by atoms with van der Waals surface area (Å²) < 4.78 is 29.2. The zero-order valence-electron chi connectivity index (χ0n) is 17.4. The molecule has 0 aromatic rings. The number of amides is 1. The van der Waals surface area contributed by atoms with Gasteiger partial charge in [0, 0.05) is 12.6 Å². The van der Waals surface area contributed by atoms with Gasteiger partial charge < -0.3 is 14.7 Å². The first-order valence-electron chi connectivity index (χ1n) is 10.9. The number of carbonyl (C=O) groups is 2. The number of rotatable bonds is 6. The largest absolute Gasteiger partial charge is 0.455 e. The second kappa shape index (κ2) is 7.22. The van der Waals surface area contributed by atoms with Crippen LogP contribution in [0, 0.1) is 23.2 Å². The molecule has 5 rings (SSSR count). The molecule has 29 heavy (non-hydrogen) atoms. The lowest BCUT2D eigenvalue weighted by molar-refractivity contribution is -0.197. The molecule has 0 radical (unpaired) electrons. The fraction of sp³-hybridized carbons (Fsp3) is 0.905. The fourth-order valence-electron chi connectivity index (χ4n) is 6.69. The number of esters is 1. The highest BCUT2D eigenvalue weighted by Crippen LogP contribution is 2.61. The van der Waals surface area contributed by atoms with Crippen molar-refractivity contribution in [3.63, 3.8) is 0 Å². The Kier molecular flexibility index (Phi) is 5.25. The van der Waals surface area contributed by atoms with Crippen LogP contribution in [-0.4, -0.2) is 66.6 Å². The molecule has 5 aliphatic rings. The molecule has 4 aliphatic carbocycles. The maximum atomic E-state index is 13.0. The number of hydrogen-bond donors (Lipinski definition) is 1. The Labute approximate surface area is 173 Å². The van der Waals surface area contributed by atoms with Crippen LogP contribution in [0.15, 0.2) is 0 Å². The van der Waals surface area contributed by atoms with Crippen LogP contribution >= 0.6 is 0 Å². The minimum atomic E-state index is -3.11. The monoisotopic (exact) mass is 427 g/mol. The average Bonchev–Trinajstić information content (AvgIpc) is 2.94. The summed E-state index contributed by atoms with van der Waals surface area (Å²) in [6.07, 6.45) is 5.00. The number of aliphatic hydroxyl groups is 1. The van der Waals surface area contributed by atoms with Crippen molar-refractivity contribution >= 4 is 21.7 Å². The van der Waals surface area contributed by atoms with Crippen LogP contribution in [0.2, 0.25) is 0 Å². The maximum Gasteiger partial charge on any atom is 0.312 e. The molecule has 8 heteroatoms. The van der Waals surface area contributed by atoms with Gasteiger partial charge in [0.15, 0.2) is 16.4 Å². The van der Waals surface area contributed by atoms with Gasteiger partial charge in [0.05, 0.1) is 22.5 Å². The summed E-state index contributed by atoms with van der Waals surface area (Å²) in [6, 6.07) is -0.339. The van der Waals surface area contributed by atoms with Crippen LogP contribution in [0.3, 0.4) is 0 Å². The summed E-state index contributed by atoms with van der Waals surface area (Å²) >= 11 is 0. The Morgan fingerprint density at radius 3 is 2.34 bits per heavy atom. The van der Waals surface area contributed by atoms with Gasteiger partial charge >= 0.3 is 5.97 Å². The molecule has 3 atom stereocenters. The Balaban J connectivity index is 1.41. The van der Waals surface area contributed by atoms with E-state index in [9.17, 15) is 23.1 Å². The Bertz CT molecular complexity index is 777. The second-order valence-electron chi connectivity index (χ2n) is 10.5. The molecule has 1 heterocycles. The average molecular weight is 428 g/mol. The van der Waals surface area contributed by atoms with Crippen LogP contribution in [-0.2, 0) is 24.2 Å². The zero-order chi connectivity index (χ0) is 21.0. The van der Waals surface area contributed by atoms with Crippen molar-refractivity contribution in [1.29, 1.82) is 0 Å². The first-order valence-corrected chi connectivity index (χ1v) is 12.7. The van der Waals surface area contributed by atoms with Crippen molar-refractivity contribution in [2.75, 3.05) is 24.7 Å². The van der Waals surface area contributed by atoms with Crippen molar-refractivity contribution in [3.8, 4) is 0 Å². The fourth-order valence-corrected chi connectivity index (χ4v) is 8.42. The van der Waals surface area contributed by atoms with E-state index in [4.69, 9.17) is 4.74 Å². The number of carbonyl (C=O) groups excluding carboxylic acids is 2. The van der Waals surface area contributed by atoms with Gasteiger partial charge in [-0.05, 0) is 62.7 Å². The van der Waals surface area contributed by atoms with E-state index in [2.05, 4.69) is 0 Å². The van der Waals surface area contributed by atoms with E-state index in [0.29, 0.717) is 31.2 Å². The van der Waals surface area contributed by atoms with Crippen LogP contribution < -0.4 is 0 Å². The molecule has 0 aromatic carbocycles. The minimum Gasteiger partial charge on any atom is -0.455 e. The van der Waals surface area contributed by atoms with Gasteiger partial charge in [-0.2, -0.15) is 0 Å². The van der Waals surface area contributed by atoms with Crippen molar-refractivity contribution in [2.24, 2.45) is 23.2 Å². The Morgan fingerprint density at radius 2 is 1.83 bits per heavy atom. The van der Waals surface area contributed by atoms with E-state index in [0.717, 1.165) is 32.1 Å². The predicted molar refractivity (Wildman–Crippen MR) is 107 cm³/mol. The molecular formula is C21H33NO6S. The van der Waals surface area contributed by atoms with E-state index in [1.54, 1.807) is 4.90 Å². The second-order valence-corrected chi connectivity index (χ2v) is 12.8. The van der Waals surface area contributed by atoms with Crippen LogP contribution in [0.4, 0.5) is 0 Å². The highest BCUT2D eigenvalue weighted by Gasteiger charge is 2.61. The van der Waals surface area contributed by atoms with Crippen molar-refractivity contribution in [2.45, 2.75) is 70.4 Å². The van der Waals surface area contributed by atoms with Crippen LogP contribution in [0.25, 0.3) is 0 Å². The van der Waals surface area contributed by atoms with E-state index in [-0.39, 0.29) is 41.9 Å². The number of ether oxygens (including phenoxy) is 1. The lowest BCUT2D eigenvalue weighted by atomic mass is 9.48. The summed E-state index contributed by atoms with van der Waals surface area (Å²) in [5, 5.41) is 10.8. The van der Waals surface area contributed by atoms with Crippen molar-refractivity contribution in [1.82, 2.24) is 4.90 Å². The van der Waals surface area contributed by atoms with Crippen LogP contribution in [0.5, 0.6) is 0 Å². The van der Waals surface area contributed by atoms with Crippen molar-refractivity contribution in [3.05, 3.63) is 0 Å². The number of sulfone groups is 1.